The number of aliphatic carboxylic acids is 1. The van der Waals surface area contributed by atoms with Gasteiger partial charge in [-0.25, -0.2) is 0 Å². The second-order valence-corrected chi connectivity index (χ2v) is 4.63. The minimum atomic E-state index is -0.768. The van der Waals surface area contributed by atoms with Crippen LogP contribution in [0.5, 0.6) is 0 Å². The van der Waals surface area contributed by atoms with Crippen LogP contribution >= 0.6 is 0 Å². The van der Waals surface area contributed by atoms with Gasteiger partial charge >= 0.3 is 5.97 Å². The summed E-state index contributed by atoms with van der Waals surface area (Å²) in [6, 6.07) is 9.15. The molecule has 1 aliphatic rings. The fourth-order valence-corrected chi connectivity index (χ4v) is 2.49. The lowest BCUT2D eigenvalue weighted by molar-refractivity contribution is -0.143. The molecule has 0 radical (unpaired) electrons. The highest BCUT2D eigenvalue weighted by atomic mass is 16.4. The number of hydrogen-bond acceptors (Lipinski definition) is 2. The zero-order chi connectivity index (χ0) is 12.3. The third kappa shape index (κ3) is 2.73. The van der Waals surface area contributed by atoms with Gasteiger partial charge in [0.15, 0.2) is 5.78 Å². The van der Waals surface area contributed by atoms with Gasteiger partial charge in [-0.15, -0.1) is 0 Å². The molecule has 0 aliphatic heterocycles. The summed E-state index contributed by atoms with van der Waals surface area (Å²) in [7, 11) is 0. The van der Waals surface area contributed by atoms with Gasteiger partial charge in [-0.2, -0.15) is 0 Å². The summed E-state index contributed by atoms with van der Waals surface area (Å²) in [6.45, 7) is 0. The Bertz CT molecular complexity index is 411. The number of rotatable bonds is 3. The predicted octanol–water partition coefficient (Wildman–Crippen LogP) is 2.76. The van der Waals surface area contributed by atoms with Crippen molar-refractivity contribution in [2.75, 3.05) is 0 Å². The maximum Gasteiger partial charge on any atom is 0.306 e. The fourth-order valence-electron chi connectivity index (χ4n) is 2.49. The molecule has 2 atom stereocenters. The Kier molecular flexibility index (Phi) is 3.57. The molecule has 0 unspecified atom stereocenters. The van der Waals surface area contributed by atoms with Crippen molar-refractivity contribution in [2.45, 2.75) is 25.7 Å². The average Bonchev–Trinajstić information content (AvgIpc) is 2.39. The summed E-state index contributed by atoms with van der Waals surface area (Å²) < 4.78 is 0. The van der Waals surface area contributed by atoms with E-state index < -0.39 is 5.97 Å². The molecule has 90 valence electrons. The minimum absolute atomic E-state index is 0.0940. The van der Waals surface area contributed by atoms with E-state index in [4.69, 9.17) is 5.11 Å². The molecule has 0 saturated heterocycles. The Balaban J connectivity index is 2.07. The highest BCUT2D eigenvalue weighted by Crippen LogP contribution is 2.31. The van der Waals surface area contributed by atoms with Gasteiger partial charge in [0.25, 0.3) is 0 Å². The maximum atomic E-state index is 12.2. The van der Waals surface area contributed by atoms with Gasteiger partial charge in [0.05, 0.1) is 5.92 Å². The van der Waals surface area contributed by atoms with Crippen LogP contribution in [0.2, 0.25) is 0 Å². The van der Waals surface area contributed by atoms with Crippen molar-refractivity contribution in [2.24, 2.45) is 11.8 Å². The molecule has 0 bridgehead atoms. The Morgan fingerprint density at radius 3 is 2.35 bits per heavy atom. The standard InChI is InChI=1S/C14H16O3/c15-13(10-5-2-1-3-6-10)11-7-4-8-12(9-11)14(16)17/h1-3,5-6,11-12H,4,7-9H2,(H,16,17)/t11-,12+/m1/s1. The first-order chi connectivity index (χ1) is 8.18. The number of Topliss-reactive ketones (excluding diaryl/α,β-unsaturated/α-hetero) is 1. The molecule has 1 saturated carbocycles. The van der Waals surface area contributed by atoms with Crippen LogP contribution in [-0.4, -0.2) is 16.9 Å². The van der Waals surface area contributed by atoms with Crippen LogP contribution in [0.3, 0.4) is 0 Å². The molecule has 0 spiro atoms. The van der Waals surface area contributed by atoms with Gasteiger partial charge in [0, 0.05) is 11.5 Å². The predicted molar refractivity (Wildman–Crippen MR) is 63.9 cm³/mol. The quantitative estimate of drug-likeness (QED) is 0.815. The van der Waals surface area contributed by atoms with Gasteiger partial charge in [0.1, 0.15) is 0 Å². The number of carboxylic acids is 1. The highest BCUT2D eigenvalue weighted by Gasteiger charge is 2.31. The maximum absolute atomic E-state index is 12.2. The van der Waals surface area contributed by atoms with E-state index in [-0.39, 0.29) is 17.6 Å². The van der Waals surface area contributed by atoms with Gasteiger partial charge < -0.3 is 5.11 Å². The first-order valence-corrected chi connectivity index (χ1v) is 6.00. The van der Waals surface area contributed by atoms with E-state index in [9.17, 15) is 9.59 Å². The number of carbonyl (C=O) groups is 2. The molecule has 3 heteroatoms. The van der Waals surface area contributed by atoms with E-state index in [0.717, 1.165) is 12.8 Å². The lowest BCUT2D eigenvalue weighted by atomic mass is 9.78. The lowest BCUT2D eigenvalue weighted by Gasteiger charge is -2.25. The zero-order valence-electron chi connectivity index (χ0n) is 9.63. The normalized spacial score (nSPS) is 24.2. The van der Waals surface area contributed by atoms with Crippen LogP contribution in [0.15, 0.2) is 30.3 Å². The smallest absolute Gasteiger partial charge is 0.306 e. The van der Waals surface area contributed by atoms with Gasteiger partial charge in [-0.05, 0) is 19.3 Å². The van der Waals surface area contributed by atoms with E-state index >= 15 is 0 Å². The van der Waals surface area contributed by atoms with E-state index in [1.807, 2.05) is 18.2 Å². The van der Waals surface area contributed by atoms with Crippen molar-refractivity contribution in [3.63, 3.8) is 0 Å². The molecule has 0 heterocycles. The molecule has 1 fully saturated rings. The number of carboxylic acid groups (broad SMARTS) is 1. The van der Waals surface area contributed by atoms with Crippen molar-refractivity contribution < 1.29 is 14.7 Å². The van der Waals surface area contributed by atoms with E-state index in [1.165, 1.54) is 0 Å². The fraction of sp³-hybridized carbons (Fsp3) is 0.429. The Labute approximate surface area is 100 Å². The first-order valence-electron chi connectivity index (χ1n) is 6.00. The molecule has 1 aromatic rings. The monoisotopic (exact) mass is 232 g/mol. The molecule has 2 rings (SSSR count). The first kappa shape index (κ1) is 11.8. The van der Waals surface area contributed by atoms with E-state index in [1.54, 1.807) is 12.1 Å². The molecule has 0 aromatic heterocycles. The van der Waals surface area contributed by atoms with Crippen LogP contribution in [0.4, 0.5) is 0 Å². The molecule has 1 N–H and O–H groups in total. The van der Waals surface area contributed by atoms with Crippen LogP contribution in [0.25, 0.3) is 0 Å². The summed E-state index contributed by atoms with van der Waals surface area (Å²) >= 11 is 0. The summed E-state index contributed by atoms with van der Waals surface area (Å²) in [5.41, 5.74) is 0.698. The molecule has 17 heavy (non-hydrogen) atoms. The van der Waals surface area contributed by atoms with E-state index in [2.05, 4.69) is 0 Å². The SMILES string of the molecule is O=C(O)[C@H]1CCC[C@@H](C(=O)c2ccccc2)C1. The van der Waals surface area contributed by atoms with Crippen molar-refractivity contribution in [1.29, 1.82) is 0 Å². The van der Waals surface area contributed by atoms with Crippen molar-refractivity contribution in [3.05, 3.63) is 35.9 Å². The highest BCUT2D eigenvalue weighted by molar-refractivity contribution is 5.98. The van der Waals surface area contributed by atoms with Crippen LogP contribution in [0.1, 0.15) is 36.0 Å². The van der Waals surface area contributed by atoms with Crippen molar-refractivity contribution in [3.8, 4) is 0 Å². The summed E-state index contributed by atoms with van der Waals surface area (Å²) in [5.74, 6) is -1.14. The molecule has 0 amide bonds. The number of benzene rings is 1. The molecule has 1 aromatic carbocycles. The summed E-state index contributed by atoms with van der Waals surface area (Å²) in [6.07, 6.45) is 2.84. The number of hydrogen-bond donors (Lipinski definition) is 1. The van der Waals surface area contributed by atoms with Gasteiger partial charge in [0.2, 0.25) is 0 Å². The topological polar surface area (TPSA) is 54.4 Å². The second-order valence-electron chi connectivity index (χ2n) is 4.63. The van der Waals surface area contributed by atoms with Gasteiger partial charge in [-0.3, -0.25) is 9.59 Å². The van der Waals surface area contributed by atoms with Crippen molar-refractivity contribution >= 4 is 11.8 Å². The Morgan fingerprint density at radius 1 is 1.06 bits per heavy atom. The number of carbonyl (C=O) groups excluding carboxylic acids is 1. The minimum Gasteiger partial charge on any atom is -0.481 e. The van der Waals surface area contributed by atoms with Crippen molar-refractivity contribution in [1.82, 2.24) is 0 Å². The van der Waals surface area contributed by atoms with Gasteiger partial charge in [-0.1, -0.05) is 36.8 Å². The summed E-state index contributed by atoms with van der Waals surface area (Å²) in [5, 5.41) is 9.00. The molecule has 3 nitrogen and oxygen atoms in total. The Hall–Kier alpha value is -1.64. The van der Waals surface area contributed by atoms with E-state index in [0.29, 0.717) is 18.4 Å². The largest absolute Gasteiger partial charge is 0.481 e. The molecule has 1 aliphatic carbocycles. The second kappa shape index (κ2) is 5.13. The Morgan fingerprint density at radius 2 is 1.71 bits per heavy atom. The lowest BCUT2D eigenvalue weighted by Crippen LogP contribution is -2.27. The van der Waals surface area contributed by atoms with Crippen LogP contribution in [0, 0.1) is 11.8 Å². The van der Waals surface area contributed by atoms with Crippen LogP contribution in [-0.2, 0) is 4.79 Å². The third-order valence-corrected chi connectivity index (χ3v) is 3.45. The average molecular weight is 232 g/mol. The number of ketones is 1. The molecular formula is C14H16O3. The van der Waals surface area contributed by atoms with Crippen LogP contribution < -0.4 is 0 Å². The third-order valence-electron chi connectivity index (χ3n) is 3.45. The summed E-state index contributed by atoms with van der Waals surface area (Å²) in [4.78, 5) is 23.1. The molecular weight excluding hydrogens is 216 g/mol. The zero-order valence-corrected chi connectivity index (χ0v) is 9.63.